The number of hydrogen-bond acceptors (Lipinski definition) is 5. The molecule has 0 bridgehead atoms. The normalized spacial score (nSPS) is 12.0. The number of carbonyl (C=O) groups excluding carboxylic acids is 2. The minimum atomic E-state index is -0.474. The molecule has 0 saturated carbocycles. The Labute approximate surface area is 193 Å². The molecule has 2 aromatic carbocycles. The van der Waals surface area contributed by atoms with Crippen LogP contribution in [0.2, 0.25) is 0 Å². The summed E-state index contributed by atoms with van der Waals surface area (Å²) in [6, 6.07) is 13.9. The predicted octanol–water partition coefficient (Wildman–Crippen LogP) is 3.47. The monoisotopic (exact) mass is 450 g/mol. The molecule has 2 amide bonds. The highest BCUT2D eigenvalue weighted by molar-refractivity contribution is 5.88. The summed E-state index contributed by atoms with van der Waals surface area (Å²) in [6.45, 7) is 1.60. The van der Waals surface area contributed by atoms with Gasteiger partial charge in [0.1, 0.15) is 5.75 Å². The van der Waals surface area contributed by atoms with Crippen molar-refractivity contribution in [3.05, 3.63) is 73.3 Å². The van der Waals surface area contributed by atoms with Crippen molar-refractivity contribution >= 4 is 22.6 Å². The highest BCUT2D eigenvalue weighted by atomic mass is 16.5. The van der Waals surface area contributed by atoms with Gasteiger partial charge in [0, 0.05) is 37.3 Å². The standard InChI is InChI=1S/C25H30N4O4/c30-24(28-32)13-3-1-2-9-21(25(31)27-14-7-16-29-17-15-26-19-29)18-33-23-12-6-10-20-8-4-5-11-22(20)23/h1,3-6,8,10-12,15,17,19,21,32H,2,7,9,13-14,16,18H2,(H,27,31)(H,28,30)/b3-1+. The van der Waals surface area contributed by atoms with Crippen LogP contribution in [0.25, 0.3) is 10.8 Å². The molecule has 0 aliphatic heterocycles. The Morgan fingerprint density at radius 3 is 2.82 bits per heavy atom. The fourth-order valence-corrected chi connectivity index (χ4v) is 3.49. The third-order valence-electron chi connectivity index (χ3n) is 5.29. The van der Waals surface area contributed by atoms with Gasteiger partial charge in [-0.05, 0) is 30.7 Å². The average Bonchev–Trinajstić information content (AvgIpc) is 3.36. The van der Waals surface area contributed by atoms with Gasteiger partial charge in [-0.3, -0.25) is 14.8 Å². The van der Waals surface area contributed by atoms with Crippen molar-refractivity contribution in [2.24, 2.45) is 5.92 Å². The maximum Gasteiger partial charge on any atom is 0.247 e. The van der Waals surface area contributed by atoms with Crippen LogP contribution in [0.4, 0.5) is 0 Å². The zero-order valence-corrected chi connectivity index (χ0v) is 18.5. The molecule has 8 nitrogen and oxygen atoms in total. The molecule has 0 spiro atoms. The number of hydrogen-bond donors (Lipinski definition) is 3. The number of nitrogens with one attached hydrogen (secondary N) is 2. The van der Waals surface area contributed by atoms with E-state index in [1.54, 1.807) is 24.1 Å². The van der Waals surface area contributed by atoms with E-state index < -0.39 is 5.91 Å². The number of hydroxylamine groups is 1. The van der Waals surface area contributed by atoms with Crippen molar-refractivity contribution in [3.63, 3.8) is 0 Å². The van der Waals surface area contributed by atoms with Gasteiger partial charge in [0.25, 0.3) is 0 Å². The van der Waals surface area contributed by atoms with Gasteiger partial charge in [-0.15, -0.1) is 0 Å². The van der Waals surface area contributed by atoms with Gasteiger partial charge in [0.05, 0.1) is 18.9 Å². The Hall–Kier alpha value is -3.65. The van der Waals surface area contributed by atoms with Crippen LogP contribution in [0.5, 0.6) is 5.75 Å². The van der Waals surface area contributed by atoms with Crippen molar-refractivity contribution in [1.82, 2.24) is 20.3 Å². The Kier molecular flexibility index (Phi) is 9.47. The molecule has 8 heteroatoms. The summed E-state index contributed by atoms with van der Waals surface area (Å²) in [4.78, 5) is 28.0. The molecule has 1 atom stereocenters. The molecule has 33 heavy (non-hydrogen) atoms. The number of amides is 2. The SMILES string of the molecule is O=C(C/C=C/CCC(COc1cccc2ccccc12)C(=O)NCCCn1ccnc1)NO. The van der Waals surface area contributed by atoms with E-state index in [1.807, 2.05) is 59.3 Å². The van der Waals surface area contributed by atoms with Gasteiger partial charge in [-0.1, -0.05) is 48.6 Å². The van der Waals surface area contributed by atoms with E-state index in [4.69, 9.17) is 9.94 Å². The molecule has 3 aromatic rings. The van der Waals surface area contributed by atoms with E-state index in [-0.39, 0.29) is 24.9 Å². The van der Waals surface area contributed by atoms with Crippen molar-refractivity contribution in [1.29, 1.82) is 0 Å². The second-order valence-corrected chi connectivity index (χ2v) is 7.72. The Bertz CT molecular complexity index is 1040. The minimum Gasteiger partial charge on any atom is -0.492 e. The molecule has 1 heterocycles. The van der Waals surface area contributed by atoms with Gasteiger partial charge in [-0.25, -0.2) is 10.5 Å². The van der Waals surface area contributed by atoms with Crippen molar-refractivity contribution in [2.75, 3.05) is 13.2 Å². The smallest absolute Gasteiger partial charge is 0.247 e. The second-order valence-electron chi connectivity index (χ2n) is 7.72. The third-order valence-corrected chi connectivity index (χ3v) is 5.29. The lowest BCUT2D eigenvalue weighted by molar-refractivity contribution is -0.128. The lowest BCUT2D eigenvalue weighted by Crippen LogP contribution is -2.35. The topological polar surface area (TPSA) is 105 Å². The largest absolute Gasteiger partial charge is 0.492 e. The number of benzene rings is 2. The maximum atomic E-state index is 12.9. The first kappa shape index (κ1) is 24.0. The van der Waals surface area contributed by atoms with Crippen LogP contribution >= 0.6 is 0 Å². The number of aryl methyl sites for hydroxylation is 1. The Balaban J connectivity index is 1.56. The molecule has 0 aliphatic rings. The van der Waals surface area contributed by atoms with E-state index in [0.717, 1.165) is 29.5 Å². The van der Waals surface area contributed by atoms with Crippen LogP contribution in [0.15, 0.2) is 73.3 Å². The first-order chi connectivity index (χ1) is 16.2. The summed E-state index contributed by atoms with van der Waals surface area (Å²) in [6.07, 6.45) is 11.0. The first-order valence-electron chi connectivity index (χ1n) is 11.1. The van der Waals surface area contributed by atoms with E-state index in [1.165, 1.54) is 0 Å². The summed E-state index contributed by atoms with van der Waals surface area (Å²) in [7, 11) is 0. The van der Waals surface area contributed by atoms with Crippen molar-refractivity contribution in [2.45, 2.75) is 32.2 Å². The van der Waals surface area contributed by atoms with Crippen LogP contribution in [0, 0.1) is 5.92 Å². The van der Waals surface area contributed by atoms with Crippen molar-refractivity contribution < 1.29 is 19.5 Å². The lowest BCUT2D eigenvalue weighted by Gasteiger charge is -2.18. The number of aromatic nitrogens is 2. The number of ether oxygens (including phenoxy) is 1. The average molecular weight is 451 g/mol. The highest BCUT2D eigenvalue weighted by Gasteiger charge is 2.19. The number of imidazole rings is 1. The molecular weight excluding hydrogens is 420 g/mol. The summed E-state index contributed by atoms with van der Waals surface area (Å²) in [5.41, 5.74) is 1.59. The van der Waals surface area contributed by atoms with Crippen molar-refractivity contribution in [3.8, 4) is 5.75 Å². The van der Waals surface area contributed by atoms with Gasteiger partial charge in [0.2, 0.25) is 11.8 Å². The molecule has 0 fully saturated rings. The summed E-state index contributed by atoms with van der Waals surface area (Å²) >= 11 is 0. The third kappa shape index (κ3) is 7.76. The van der Waals surface area contributed by atoms with Gasteiger partial charge in [-0.2, -0.15) is 0 Å². The number of carbonyl (C=O) groups is 2. The van der Waals surface area contributed by atoms with Crippen LogP contribution < -0.4 is 15.5 Å². The first-order valence-corrected chi connectivity index (χ1v) is 11.1. The quantitative estimate of drug-likeness (QED) is 0.160. The van der Waals surface area contributed by atoms with Crippen LogP contribution in [0.1, 0.15) is 25.7 Å². The molecule has 3 N–H and O–H groups in total. The Morgan fingerprint density at radius 2 is 2.00 bits per heavy atom. The number of fused-ring (bicyclic) bond motifs is 1. The van der Waals surface area contributed by atoms with E-state index >= 15 is 0 Å². The highest BCUT2D eigenvalue weighted by Crippen LogP contribution is 2.26. The van der Waals surface area contributed by atoms with Crippen LogP contribution in [0.3, 0.4) is 0 Å². The summed E-state index contributed by atoms with van der Waals surface area (Å²) in [5.74, 6) is -0.116. The second kappa shape index (κ2) is 13.0. The fourth-order valence-electron chi connectivity index (χ4n) is 3.49. The molecule has 0 aliphatic carbocycles. The van der Waals surface area contributed by atoms with Crippen LogP contribution in [-0.2, 0) is 16.1 Å². The zero-order chi connectivity index (χ0) is 23.3. The predicted molar refractivity (Wildman–Crippen MR) is 126 cm³/mol. The molecule has 1 aromatic heterocycles. The van der Waals surface area contributed by atoms with E-state index in [2.05, 4.69) is 10.3 Å². The maximum absolute atomic E-state index is 12.9. The summed E-state index contributed by atoms with van der Waals surface area (Å²) < 4.78 is 8.06. The molecule has 3 rings (SSSR count). The number of nitrogens with zero attached hydrogens (tertiary/aromatic N) is 2. The molecule has 174 valence electrons. The number of rotatable bonds is 13. The molecular formula is C25H30N4O4. The van der Waals surface area contributed by atoms with E-state index in [9.17, 15) is 9.59 Å². The van der Waals surface area contributed by atoms with Gasteiger partial charge >= 0.3 is 0 Å². The fraction of sp³-hybridized carbons (Fsp3) is 0.320. The Morgan fingerprint density at radius 1 is 1.15 bits per heavy atom. The molecule has 0 saturated heterocycles. The lowest BCUT2D eigenvalue weighted by atomic mass is 10.0. The number of allylic oxidation sites excluding steroid dienone is 1. The zero-order valence-electron chi connectivity index (χ0n) is 18.5. The van der Waals surface area contributed by atoms with Gasteiger partial charge in [0.15, 0.2) is 0 Å². The minimum absolute atomic E-state index is 0.0534. The van der Waals surface area contributed by atoms with Gasteiger partial charge < -0.3 is 14.6 Å². The molecule has 0 radical (unpaired) electrons. The summed E-state index contributed by atoms with van der Waals surface area (Å²) in [5, 5.41) is 13.7. The van der Waals surface area contributed by atoms with Crippen LogP contribution in [-0.4, -0.2) is 39.7 Å². The van der Waals surface area contributed by atoms with E-state index in [0.29, 0.717) is 19.4 Å². The molecule has 1 unspecified atom stereocenters.